The van der Waals surface area contributed by atoms with Crippen LogP contribution in [0.2, 0.25) is 0 Å². The second-order valence-electron chi connectivity index (χ2n) is 7.84. The summed E-state index contributed by atoms with van der Waals surface area (Å²) in [4.78, 5) is 22.2. The zero-order valence-corrected chi connectivity index (χ0v) is 17.0. The number of thiazole rings is 1. The number of amidine groups is 1. The molecule has 0 unspecified atom stereocenters. The van der Waals surface area contributed by atoms with E-state index in [9.17, 15) is 0 Å². The van der Waals surface area contributed by atoms with Crippen molar-refractivity contribution >= 4 is 17.2 Å². The maximum atomic E-state index is 5.80. The summed E-state index contributed by atoms with van der Waals surface area (Å²) >= 11 is 1.72. The first kappa shape index (κ1) is 18.0. The molecule has 8 heteroatoms. The van der Waals surface area contributed by atoms with Crippen molar-refractivity contribution in [3.8, 4) is 0 Å². The lowest BCUT2D eigenvalue weighted by atomic mass is 10.0. The second kappa shape index (κ2) is 7.77. The molecule has 2 saturated heterocycles. The smallest absolute Gasteiger partial charge is 0.152 e. The van der Waals surface area contributed by atoms with Crippen LogP contribution in [0, 0.1) is 12.8 Å². The lowest BCUT2D eigenvalue weighted by molar-refractivity contribution is 0.0742. The van der Waals surface area contributed by atoms with Gasteiger partial charge in [-0.05, 0) is 19.1 Å². The predicted octanol–water partition coefficient (Wildman–Crippen LogP) is 1.81. The molecule has 28 heavy (non-hydrogen) atoms. The van der Waals surface area contributed by atoms with Crippen molar-refractivity contribution < 1.29 is 4.84 Å². The van der Waals surface area contributed by atoms with E-state index in [2.05, 4.69) is 54.3 Å². The van der Waals surface area contributed by atoms with E-state index in [0.717, 1.165) is 68.9 Å². The van der Waals surface area contributed by atoms with Crippen LogP contribution in [-0.4, -0.2) is 75.9 Å². The average molecular weight is 399 g/mol. The van der Waals surface area contributed by atoms with Gasteiger partial charge in [-0.1, -0.05) is 11.2 Å². The summed E-state index contributed by atoms with van der Waals surface area (Å²) in [7, 11) is 0. The number of fused-ring (bicyclic) bond motifs is 1. The fourth-order valence-electron chi connectivity index (χ4n) is 4.38. The fourth-order valence-corrected chi connectivity index (χ4v) is 4.99. The zero-order valence-electron chi connectivity index (χ0n) is 16.2. The van der Waals surface area contributed by atoms with Gasteiger partial charge in [-0.15, -0.1) is 11.3 Å². The van der Waals surface area contributed by atoms with Gasteiger partial charge in [0, 0.05) is 63.9 Å². The third-order valence-electron chi connectivity index (χ3n) is 5.82. The van der Waals surface area contributed by atoms with Crippen LogP contribution in [0.4, 0.5) is 0 Å². The minimum Gasteiger partial charge on any atom is -0.389 e. The minimum atomic E-state index is 0.196. The van der Waals surface area contributed by atoms with Gasteiger partial charge < -0.3 is 9.74 Å². The topological polar surface area (TPSA) is 57.1 Å². The normalized spacial score (nSPS) is 25.6. The molecular weight excluding hydrogens is 372 g/mol. The summed E-state index contributed by atoms with van der Waals surface area (Å²) < 4.78 is 0. The largest absolute Gasteiger partial charge is 0.389 e. The van der Waals surface area contributed by atoms with E-state index in [0.29, 0.717) is 5.92 Å². The molecule has 2 atom stereocenters. The molecule has 2 aromatic heterocycles. The van der Waals surface area contributed by atoms with Crippen LogP contribution in [0.15, 0.2) is 34.9 Å². The third kappa shape index (κ3) is 3.76. The molecule has 0 N–H and O–H groups in total. The summed E-state index contributed by atoms with van der Waals surface area (Å²) in [5.74, 6) is 1.54. The molecular formula is C20H26N6OS. The van der Waals surface area contributed by atoms with Gasteiger partial charge in [-0.3, -0.25) is 14.8 Å². The van der Waals surface area contributed by atoms with Gasteiger partial charge in [0.15, 0.2) is 11.9 Å². The van der Waals surface area contributed by atoms with Crippen molar-refractivity contribution in [2.75, 3.05) is 39.3 Å². The first-order chi connectivity index (χ1) is 13.7. The van der Waals surface area contributed by atoms with Gasteiger partial charge in [0.05, 0.1) is 22.3 Å². The summed E-state index contributed by atoms with van der Waals surface area (Å²) in [5.41, 5.74) is 2.31. The van der Waals surface area contributed by atoms with Gasteiger partial charge in [0.1, 0.15) is 0 Å². The fraction of sp³-hybridized carbons (Fsp3) is 0.550. The number of likely N-dealkylation sites (tertiary alicyclic amines) is 1. The molecule has 148 valence electrons. The van der Waals surface area contributed by atoms with E-state index in [4.69, 9.17) is 4.84 Å². The standard InChI is InChI=1S/C20H26N6OS/c1-15-22-17(14-28-15)11-25-12-18-19(13-25)27-23-20(18)26-8-6-24(7-9-26)10-16-4-2-3-5-21-16/h2-5,14,18-19H,6-13H2,1H3/t18-,19+/m0/s1. The SMILES string of the molecule is Cc1nc(CN2C[C@@H]3C(N4CCN(Cc5ccccn5)CC4)=NO[C@@H]3C2)cs1. The first-order valence-corrected chi connectivity index (χ1v) is 10.9. The van der Waals surface area contributed by atoms with Crippen LogP contribution in [0.1, 0.15) is 16.4 Å². The Morgan fingerprint density at radius 1 is 1.07 bits per heavy atom. The molecule has 2 aromatic rings. The Morgan fingerprint density at radius 3 is 2.68 bits per heavy atom. The molecule has 5 rings (SSSR count). The van der Waals surface area contributed by atoms with Crippen molar-refractivity contribution in [3.63, 3.8) is 0 Å². The Balaban J connectivity index is 1.15. The number of rotatable bonds is 4. The van der Waals surface area contributed by atoms with Crippen LogP contribution < -0.4 is 0 Å². The van der Waals surface area contributed by atoms with Crippen molar-refractivity contribution in [2.24, 2.45) is 11.1 Å². The Hall–Kier alpha value is -2.03. The molecule has 3 aliphatic rings. The lowest BCUT2D eigenvalue weighted by Crippen LogP contribution is -2.50. The van der Waals surface area contributed by atoms with Crippen LogP contribution in [0.3, 0.4) is 0 Å². The number of piperazine rings is 1. The van der Waals surface area contributed by atoms with Gasteiger partial charge in [-0.2, -0.15) is 0 Å². The Bertz CT molecular complexity index is 832. The third-order valence-corrected chi connectivity index (χ3v) is 6.64. The van der Waals surface area contributed by atoms with Crippen LogP contribution in [0.5, 0.6) is 0 Å². The number of aryl methyl sites for hydroxylation is 1. The summed E-state index contributed by atoms with van der Waals surface area (Å²) in [6, 6.07) is 6.13. The van der Waals surface area contributed by atoms with Crippen LogP contribution in [-0.2, 0) is 17.9 Å². The van der Waals surface area contributed by atoms with E-state index in [1.54, 1.807) is 11.3 Å². The van der Waals surface area contributed by atoms with Gasteiger partial charge in [-0.25, -0.2) is 4.98 Å². The summed E-state index contributed by atoms with van der Waals surface area (Å²) in [6.45, 7) is 9.92. The van der Waals surface area contributed by atoms with E-state index in [1.807, 2.05) is 12.3 Å². The number of pyridine rings is 1. The molecule has 0 spiro atoms. The van der Waals surface area contributed by atoms with Crippen molar-refractivity contribution in [3.05, 3.63) is 46.2 Å². The van der Waals surface area contributed by atoms with Crippen molar-refractivity contribution in [2.45, 2.75) is 26.1 Å². The van der Waals surface area contributed by atoms with E-state index in [-0.39, 0.29) is 6.10 Å². The molecule has 5 heterocycles. The summed E-state index contributed by atoms with van der Waals surface area (Å²) in [6.07, 6.45) is 2.07. The molecule has 2 fully saturated rings. The molecule has 0 radical (unpaired) electrons. The number of aromatic nitrogens is 2. The number of hydrogen-bond acceptors (Lipinski definition) is 8. The van der Waals surface area contributed by atoms with Crippen molar-refractivity contribution in [1.29, 1.82) is 0 Å². The molecule has 0 aromatic carbocycles. The van der Waals surface area contributed by atoms with Crippen LogP contribution >= 0.6 is 11.3 Å². The van der Waals surface area contributed by atoms with Gasteiger partial charge in [0.25, 0.3) is 0 Å². The second-order valence-corrected chi connectivity index (χ2v) is 8.90. The lowest BCUT2D eigenvalue weighted by Gasteiger charge is -2.36. The Morgan fingerprint density at radius 2 is 1.93 bits per heavy atom. The molecule has 0 aliphatic carbocycles. The van der Waals surface area contributed by atoms with Gasteiger partial charge >= 0.3 is 0 Å². The Kier molecular flexibility index (Phi) is 5.00. The average Bonchev–Trinajstić information content (AvgIpc) is 3.40. The van der Waals surface area contributed by atoms with E-state index in [1.165, 1.54) is 5.69 Å². The summed E-state index contributed by atoms with van der Waals surface area (Å²) in [5, 5.41) is 7.77. The van der Waals surface area contributed by atoms with E-state index >= 15 is 0 Å². The monoisotopic (exact) mass is 398 g/mol. The highest BCUT2D eigenvalue weighted by molar-refractivity contribution is 7.09. The highest BCUT2D eigenvalue weighted by Gasteiger charge is 2.44. The zero-order chi connectivity index (χ0) is 18.9. The quantitative estimate of drug-likeness (QED) is 0.783. The number of oxime groups is 1. The predicted molar refractivity (Wildman–Crippen MR) is 109 cm³/mol. The molecule has 0 bridgehead atoms. The maximum Gasteiger partial charge on any atom is 0.152 e. The molecule has 7 nitrogen and oxygen atoms in total. The highest BCUT2D eigenvalue weighted by Crippen LogP contribution is 2.30. The number of nitrogens with zero attached hydrogens (tertiary/aromatic N) is 6. The first-order valence-electron chi connectivity index (χ1n) is 9.99. The number of hydrogen-bond donors (Lipinski definition) is 0. The molecule has 0 amide bonds. The molecule has 3 aliphatic heterocycles. The minimum absolute atomic E-state index is 0.196. The van der Waals surface area contributed by atoms with Crippen LogP contribution in [0.25, 0.3) is 0 Å². The highest BCUT2D eigenvalue weighted by atomic mass is 32.1. The van der Waals surface area contributed by atoms with E-state index < -0.39 is 0 Å². The van der Waals surface area contributed by atoms with Gasteiger partial charge in [0.2, 0.25) is 0 Å². The van der Waals surface area contributed by atoms with Crippen molar-refractivity contribution in [1.82, 2.24) is 24.7 Å². The maximum absolute atomic E-state index is 5.80. The Labute approximate surface area is 169 Å². The molecule has 0 saturated carbocycles.